The third-order valence-corrected chi connectivity index (χ3v) is 3.45. The molecule has 1 fully saturated rings. The zero-order valence-electron chi connectivity index (χ0n) is 10.2. The van der Waals surface area contributed by atoms with E-state index in [4.69, 9.17) is 5.73 Å². The minimum absolute atomic E-state index is 0.769. The Morgan fingerprint density at radius 3 is 3.00 bits per heavy atom. The molecule has 1 aliphatic rings. The van der Waals surface area contributed by atoms with Gasteiger partial charge in [0.05, 0.1) is 0 Å². The van der Waals surface area contributed by atoms with Crippen LogP contribution in [0, 0.1) is 12.8 Å². The largest absolute Gasteiger partial charge is 0.398 e. The topological polar surface area (TPSA) is 41.3 Å². The normalized spacial score (nSPS) is 21.2. The van der Waals surface area contributed by atoms with Crippen LogP contribution >= 0.6 is 0 Å². The highest BCUT2D eigenvalue weighted by Crippen LogP contribution is 2.22. The smallest absolute Gasteiger partial charge is 0.0390 e. The molecule has 0 spiro atoms. The van der Waals surface area contributed by atoms with E-state index < -0.39 is 0 Å². The second kappa shape index (κ2) is 4.74. The van der Waals surface area contributed by atoms with Crippen molar-refractivity contribution in [3.05, 3.63) is 23.8 Å². The minimum atomic E-state index is 0.769. The summed E-state index contributed by atoms with van der Waals surface area (Å²) in [5.74, 6) is 0.769. The lowest BCUT2D eigenvalue weighted by atomic mass is 10.1. The first-order valence-corrected chi connectivity index (χ1v) is 5.94. The van der Waals surface area contributed by atoms with Gasteiger partial charge in [0.25, 0.3) is 0 Å². The molecule has 0 amide bonds. The van der Waals surface area contributed by atoms with Crippen molar-refractivity contribution in [1.82, 2.24) is 4.90 Å². The van der Waals surface area contributed by atoms with Crippen LogP contribution in [0.4, 0.5) is 11.4 Å². The highest BCUT2D eigenvalue weighted by Gasteiger charge is 2.18. The fraction of sp³-hybridized carbons (Fsp3) is 0.538. The summed E-state index contributed by atoms with van der Waals surface area (Å²) < 4.78 is 0. The number of anilines is 2. The Labute approximate surface area is 97.6 Å². The predicted octanol–water partition coefficient (Wildman–Crippen LogP) is 1.94. The van der Waals surface area contributed by atoms with Gasteiger partial charge >= 0.3 is 0 Å². The average Bonchev–Trinajstić information content (AvgIpc) is 2.67. The van der Waals surface area contributed by atoms with E-state index in [9.17, 15) is 0 Å². The van der Waals surface area contributed by atoms with Gasteiger partial charge in [0.2, 0.25) is 0 Å². The van der Waals surface area contributed by atoms with E-state index >= 15 is 0 Å². The number of rotatable bonds is 3. The molecule has 3 heteroatoms. The van der Waals surface area contributed by atoms with E-state index in [0.29, 0.717) is 0 Å². The molecule has 16 heavy (non-hydrogen) atoms. The van der Waals surface area contributed by atoms with Gasteiger partial charge in [-0.05, 0) is 50.6 Å². The summed E-state index contributed by atoms with van der Waals surface area (Å²) in [6.45, 7) is 5.55. The van der Waals surface area contributed by atoms with Crippen molar-refractivity contribution in [2.45, 2.75) is 13.3 Å². The highest BCUT2D eigenvalue weighted by molar-refractivity contribution is 5.62. The SMILES string of the molecule is Cc1c(N)cccc1NCC1CCN(C)C1. The maximum Gasteiger partial charge on any atom is 0.0390 e. The van der Waals surface area contributed by atoms with E-state index in [1.54, 1.807) is 0 Å². The van der Waals surface area contributed by atoms with Crippen molar-refractivity contribution in [3.63, 3.8) is 0 Å². The van der Waals surface area contributed by atoms with Crippen LogP contribution in [0.3, 0.4) is 0 Å². The number of nitrogen functional groups attached to an aromatic ring is 1. The molecule has 2 rings (SSSR count). The molecule has 1 aromatic carbocycles. The van der Waals surface area contributed by atoms with Crippen LogP contribution in [0.15, 0.2) is 18.2 Å². The number of hydrogen-bond acceptors (Lipinski definition) is 3. The third kappa shape index (κ3) is 2.47. The van der Waals surface area contributed by atoms with Gasteiger partial charge in [0.15, 0.2) is 0 Å². The summed E-state index contributed by atoms with van der Waals surface area (Å²) in [5.41, 5.74) is 9.08. The zero-order chi connectivity index (χ0) is 11.5. The van der Waals surface area contributed by atoms with Crippen LogP contribution in [0.25, 0.3) is 0 Å². The monoisotopic (exact) mass is 219 g/mol. The van der Waals surface area contributed by atoms with Crippen LogP contribution < -0.4 is 11.1 Å². The summed E-state index contributed by atoms with van der Waals surface area (Å²) in [6, 6.07) is 6.06. The number of nitrogens with two attached hydrogens (primary N) is 1. The number of benzene rings is 1. The van der Waals surface area contributed by atoms with Gasteiger partial charge in [-0.3, -0.25) is 0 Å². The van der Waals surface area contributed by atoms with E-state index in [1.807, 2.05) is 12.1 Å². The molecule has 1 atom stereocenters. The summed E-state index contributed by atoms with van der Waals surface area (Å²) >= 11 is 0. The van der Waals surface area contributed by atoms with Crippen LogP contribution in [0.5, 0.6) is 0 Å². The van der Waals surface area contributed by atoms with E-state index in [2.05, 4.69) is 30.3 Å². The molecule has 1 aliphatic heterocycles. The molecule has 1 aromatic rings. The van der Waals surface area contributed by atoms with Crippen molar-refractivity contribution in [2.24, 2.45) is 5.92 Å². The molecule has 1 unspecified atom stereocenters. The van der Waals surface area contributed by atoms with Crippen LogP contribution in [0.1, 0.15) is 12.0 Å². The van der Waals surface area contributed by atoms with Crippen LogP contribution in [-0.4, -0.2) is 31.6 Å². The van der Waals surface area contributed by atoms with Gasteiger partial charge in [-0.2, -0.15) is 0 Å². The summed E-state index contributed by atoms with van der Waals surface area (Å²) in [7, 11) is 2.19. The molecular weight excluding hydrogens is 198 g/mol. The summed E-state index contributed by atoms with van der Waals surface area (Å²) in [5, 5.41) is 3.51. The fourth-order valence-electron chi connectivity index (χ4n) is 2.29. The van der Waals surface area contributed by atoms with Gasteiger partial charge in [-0.25, -0.2) is 0 Å². The lowest BCUT2D eigenvalue weighted by Crippen LogP contribution is -2.19. The molecule has 0 aliphatic carbocycles. The van der Waals surface area contributed by atoms with Gasteiger partial charge in [-0.1, -0.05) is 6.07 Å². The molecule has 0 saturated carbocycles. The number of nitrogens with one attached hydrogen (secondary N) is 1. The van der Waals surface area contributed by atoms with Crippen molar-refractivity contribution in [1.29, 1.82) is 0 Å². The number of hydrogen-bond donors (Lipinski definition) is 2. The molecule has 3 nitrogen and oxygen atoms in total. The molecule has 0 bridgehead atoms. The second-order valence-electron chi connectivity index (χ2n) is 4.82. The number of nitrogens with zero attached hydrogens (tertiary/aromatic N) is 1. The first-order chi connectivity index (χ1) is 7.66. The Bertz CT molecular complexity index is 362. The quantitative estimate of drug-likeness (QED) is 0.763. The second-order valence-corrected chi connectivity index (χ2v) is 4.82. The van der Waals surface area contributed by atoms with Gasteiger partial charge in [0.1, 0.15) is 0 Å². The molecule has 1 saturated heterocycles. The molecule has 1 heterocycles. The molecular formula is C13H21N3. The van der Waals surface area contributed by atoms with Crippen LogP contribution in [0.2, 0.25) is 0 Å². The Balaban J connectivity index is 1.92. The lowest BCUT2D eigenvalue weighted by molar-refractivity contribution is 0.399. The predicted molar refractivity (Wildman–Crippen MR) is 69.7 cm³/mol. The maximum atomic E-state index is 5.88. The maximum absolute atomic E-state index is 5.88. The van der Waals surface area contributed by atoms with Gasteiger partial charge < -0.3 is 16.0 Å². The molecule has 88 valence electrons. The lowest BCUT2D eigenvalue weighted by Gasteiger charge is -2.15. The minimum Gasteiger partial charge on any atom is -0.398 e. The van der Waals surface area contributed by atoms with Gasteiger partial charge in [0, 0.05) is 24.5 Å². The first kappa shape index (κ1) is 11.3. The third-order valence-electron chi connectivity index (χ3n) is 3.45. The Hall–Kier alpha value is -1.22. The Kier molecular flexibility index (Phi) is 3.34. The van der Waals surface area contributed by atoms with E-state index in [0.717, 1.165) is 23.7 Å². The fourth-order valence-corrected chi connectivity index (χ4v) is 2.29. The highest BCUT2D eigenvalue weighted by atomic mass is 15.1. The van der Waals surface area contributed by atoms with Crippen molar-refractivity contribution in [3.8, 4) is 0 Å². The Morgan fingerprint density at radius 2 is 2.31 bits per heavy atom. The van der Waals surface area contributed by atoms with E-state index in [-0.39, 0.29) is 0 Å². The molecule has 0 aromatic heterocycles. The van der Waals surface area contributed by atoms with Crippen molar-refractivity contribution >= 4 is 11.4 Å². The van der Waals surface area contributed by atoms with Crippen molar-refractivity contribution in [2.75, 3.05) is 37.7 Å². The first-order valence-electron chi connectivity index (χ1n) is 5.94. The van der Waals surface area contributed by atoms with Crippen molar-refractivity contribution < 1.29 is 0 Å². The zero-order valence-corrected chi connectivity index (χ0v) is 10.2. The summed E-state index contributed by atoms with van der Waals surface area (Å²) in [4.78, 5) is 2.39. The van der Waals surface area contributed by atoms with Crippen LogP contribution in [-0.2, 0) is 0 Å². The number of likely N-dealkylation sites (tertiary alicyclic amines) is 1. The van der Waals surface area contributed by atoms with Gasteiger partial charge in [-0.15, -0.1) is 0 Å². The summed E-state index contributed by atoms with van der Waals surface area (Å²) in [6.07, 6.45) is 1.30. The average molecular weight is 219 g/mol. The van der Waals surface area contributed by atoms with E-state index in [1.165, 1.54) is 25.2 Å². The molecule has 0 radical (unpaired) electrons. The Morgan fingerprint density at radius 1 is 1.50 bits per heavy atom. The standard InChI is InChI=1S/C13H21N3/c1-10-12(14)4-3-5-13(10)15-8-11-6-7-16(2)9-11/h3-5,11,15H,6-9,14H2,1-2H3. The molecule has 3 N–H and O–H groups in total.